The SMILES string of the molecule is CC.CC1CCC(CN2CCC(N(C)C(=O)C(C)C)CC2)CC1. The molecule has 136 valence electrons. The number of hydrogen-bond donors (Lipinski definition) is 0. The van der Waals surface area contributed by atoms with Gasteiger partial charge in [-0.3, -0.25) is 4.79 Å². The lowest BCUT2D eigenvalue weighted by atomic mass is 9.82. The van der Waals surface area contributed by atoms with Crippen molar-refractivity contribution in [3.63, 3.8) is 0 Å². The molecule has 1 saturated carbocycles. The third-order valence-electron chi connectivity index (χ3n) is 5.60. The van der Waals surface area contributed by atoms with Gasteiger partial charge in [0.15, 0.2) is 0 Å². The standard InChI is InChI=1S/C18H34N2O.C2H6/c1-14(2)18(21)19(4)17-9-11-20(12-10-17)13-16-7-5-15(3)6-8-16;1-2/h14-17H,5-13H2,1-4H3;1-2H3. The second-order valence-corrected chi connectivity index (χ2v) is 7.76. The van der Waals surface area contributed by atoms with Gasteiger partial charge in [0.25, 0.3) is 0 Å². The van der Waals surface area contributed by atoms with Gasteiger partial charge in [0.2, 0.25) is 5.91 Å². The summed E-state index contributed by atoms with van der Waals surface area (Å²) in [6.07, 6.45) is 8.00. The van der Waals surface area contributed by atoms with Gasteiger partial charge in [0, 0.05) is 38.6 Å². The maximum absolute atomic E-state index is 12.1. The molecule has 1 aliphatic carbocycles. The Balaban J connectivity index is 0.00000127. The Kier molecular flexibility index (Phi) is 9.19. The molecule has 1 aliphatic heterocycles. The fraction of sp³-hybridized carbons (Fsp3) is 0.950. The molecule has 1 amide bonds. The zero-order valence-corrected chi connectivity index (χ0v) is 16.5. The van der Waals surface area contributed by atoms with E-state index in [1.165, 1.54) is 45.3 Å². The van der Waals surface area contributed by atoms with Crippen molar-refractivity contribution in [1.82, 2.24) is 9.80 Å². The first-order valence-corrected chi connectivity index (χ1v) is 9.96. The fourth-order valence-electron chi connectivity index (χ4n) is 3.95. The highest BCUT2D eigenvalue weighted by Gasteiger charge is 2.28. The Bertz CT molecular complexity index is 327. The third kappa shape index (κ3) is 6.45. The minimum atomic E-state index is 0.122. The van der Waals surface area contributed by atoms with Gasteiger partial charge in [-0.25, -0.2) is 0 Å². The lowest BCUT2D eigenvalue weighted by molar-refractivity contribution is -0.136. The Morgan fingerprint density at radius 3 is 2.04 bits per heavy atom. The number of rotatable bonds is 4. The average molecular weight is 325 g/mol. The molecular formula is C20H40N2O. The molecule has 0 aromatic carbocycles. The van der Waals surface area contributed by atoms with Crippen molar-refractivity contribution in [3.8, 4) is 0 Å². The molecule has 2 fully saturated rings. The van der Waals surface area contributed by atoms with Gasteiger partial charge in [-0.05, 0) is 37.5 Å². The van der Waals surface area contributed by atoms with Gasteiger partial charge >= 0.3 is 0 Å². The van der Waals surface area contributed by atoms with E-state index < -0.39 is 0 Å². The molecule has 1 heterocycles. The normalized spacial score (nSPS) is 26.6. The number of nitrogens with zero attached hydrogens (tertiary/aromatic N) is 2. The lowest BCUT2D eigenvalue weighted by Crippen LogP contribution is -2.47. The number of amides is 1. The Morgan fingerprint density at radius 2 is 1.57 bits per heavy atom. The van der Waals surface area contributed by atoms with Crippen LogP contribution in [0.4, 0.5) is 0 Å². The Labute approximate surface area is 144 Å². The van der Waals surface area contributed by atoms with E-state index in [1.807, 2.05) is 39.6 Å². The second kappa shape index (κ2) is 10.3. The summed E-state index contributed by atoms with van der Waals surface area (Å²) in [6, 6.07) is 0.461. The summed E-state index contributed by atoms with van der Waals surface area (Å²) in [6.45, 7) is 14.0. The first-order valence-electron chi connectivity index (χ1n) is 9.96. The molecule has 0 atom stereocenters. The van der Waals surface area contributed by atoms with E-state index in [0.29, 0.717) is 11.9 Å². The molecule has 0 unspecified atom stereocenters. The summed E-state index contributed by atoms with van der Waals surface area (Å²) in [5, 5.41) is 0. The van der Waals surface area contributed by atoms with Crippen molar-refractivity contribution in [2.45, 2.75) is 79.2 Å². The molecule has 0 radical (unpaired) electrons. The van der Waals surface area contributed by atoms with Crippen LogP contribution in [0.3, 0.4) is 0 Å². The smallest absolute Gasteiger partial charge is 0.225 e. The average Bonchev–Trinajstić information content (AvgIpc) is 2.58. The van der Waals surface area contributed by atoms with Crippen LogP contribution < -0.4 is 0 Å². The third-order valence-corrected chi connectivity index (χ3v) is 5.60. The van der Waals surface area contributed by atoms with Gasteiger partial charge in [0.05, 0.1) is 0 Å². The fourth-order valence-corrected chi connectivity index (χ4v) is 3.95. The molecule has 0 spiro atoms. The number of carbonyl (C=O) groups excluding carboxylic acids is 1. The number of hydrogen-bond acceptors (Lipinski definition) is 2. The first-order chi connectivity index (χ1) is 11.0. The molecule has 2 aliphatic rings. The maximum atomic E-state index is 12.1. The van der Waals surface area contributed by atoms with Crippen LogP contribution in [0.5, 0.6) is 0 Å². The highest BCUT2D eigenvalue weighted by molar-refractivity contribution is 5.78. The topological polar surface area (TPSA) is 23.6 Å². The van der Waals surface area contributed by atoms with Gasteiger partial charge in [-0.15, -0.1) is 0 Å². The summed E-state index contributed by atoms with van der Waals surface area (Å²) in [5.74, 6) is 2.29. The second-order valence-electron chi connectivity index (χ2n) is 7.76. The van der Waals surface area contributed by atoms with Crippen LogP contribution >= 0.6 is 0 Å². The van der Waals surface area contributed by atoms with Crippen molar-refractivity contribution in [1.29, 1.82) is 0 Å². The lowest BCUT2D eigenvalue weighted by Gasteiger charge is -2.39. The van der Waals surface area contributed by atoms with Crippen molar-refractivity contribution in [2.24, 2.45) is 17.8 Å². The van der Waals surface area contributed by atoms with Crippen LogP contribution in [0.15, 0.2) is 0 Å². The molecule has 2 rings (SSSR count). The number of likely N-dealkylation sites (tertiary alicyclic amines) is 1. The van der Waals surface area contributed by atoms with E-state index in [9.17, 15) is 4.79 Å². The summed E-state index contributed by atoms with van der Waals surface area (Å²) in [4.78, 5) is 16.7. The van der Waals surface area contributed by atoms with E-state index in [1.54, 1.807) is 0 Å². The van der Waals surface area contributed by atoms with Crippen LogP contribution in [0.2, 0.25) is 0 Å². The van der Waals surface area contributed by atoms with E-state index in [0.717, 1.165) is 24.7 Å². The first kappa shape index (κ1) is 20.5. The molecule has 23 heavy (non-hydrogen) atoms. The Hall–Kier alpha value is -0.570. The van der Waals surface area contributed by atoms with Crippen molar-refractivity contribution < 1.29 is 4.79 Å². The molecule has 3 heteroatoms. The van der Waals surface area contributed by atoms with E-state index in [2.05, 4.69) is 11.8 Å². The zero-order valence-electron chi connectivity index (χ0n) is 16.5. The molecule has 0 N–H and O–H groups in total. The molecule has 3 nitrogen and oxygen atoms in total. The molecule has 0 aromatic heterocycles. The minimum absolute atomic E-state index is 0.122. The van der Waals surface area contributed by atoms with Crippen molar-refractivity contribution in [2.75, 3.05) is 26.7 Å². The zero-order chi connectivity index (χ0) is 17.4. The van der Waals surface area contributed by atoms with Crippen LogP contribution in [0, 0.1) is 17.8 Å². The van der Waals surface area contributed by atoms with Crippen LogP contribution in [-0.2, 0) is 4.79 Å². The van der Waals surface area contributed by atoms with E-state index in [-0.39, 0.29) is 5.92 Å². The molecule has 0 aromatic rings. The van der Waals surface area contributed by atoms with Gasteiger partial charge in [-0.1, -0.05) is 47.5 Å². The number of piperidine rings is 1. The highest BCUT2D eigenvalue weighted by Crippen LogP contribution is 2.29. The maximum Gasteiger partial charge on any atom is 0.225 e. The van der Waals surface area contributed by atoms with Crippen molar-refractivity contribution >= 4 is 5.91 Å². The van der Waals surface area contributed by atoms with E-state index >= 15 is 0 Å². The number of carbonyl (C=O) groups is 1. The van der Waals surface area contributed by atoms with Crippen molar-refractivity contribution in [3.05, 3.63) is 0 Å². The monoisotopic (exact) mass is 324 g/mol. The molecule has 1 saturated heterocycles. The molecule has 0 bridgehead atoms. The summed E-state index contributed by atoms with van der Waals surface area (Å²) in [5.41, 5.74) is 0. The predicted molar refractivity (Wildman–Crippen MR) is 99.5 cm³/mol. The van der Waals surface area contributed by atoms with Crippen LogP contribution in [0.1, 0.15) is 73.1 Å². The minimum Gasteiger partial charge on any atom is -0.342 e. The van der Waals surface area contributed by atoms with Gasteiger partial charge < -0.3 is 9.80 Å². The highest BCUT2D eigenvalue weighted by atomic mass is 16.2. The van der Waals surface area contributed by atoms with Gasteiger partial charge in [0.1, 0.15) is 0 Å². The van der Waals surface area contributed by atoms with Crippen LogP contribution in [0.25, 0.3) is 0 Å². The summed E-state index contributed by atoms with van der Waals surface area (Å²) >= 11 is 0. The summed E-state index contributed by atoms with van der Waals surface area (Å²) in [7, 11) is 1.99. The Morgan fingerprint density at radius 1 is 1.04 bits per heavy atom. The van der Waals surface area contributed by atoms with Crippen LogP contribution in [-0.4, -0.2) is 48.4 Å². The van der Waals surface area contributed by atoms with Gasteiger partial charge in [-0.2, -0.15) is 0 Å². The quantitative estimate of drug-likeness (QED) is 0.764. The largest absolute Gasteiger partial charge is 0.342 e. The van der Waals surface area contributed by atoms with E-state index in [4.69, 9.17) is 0 Å². The summed E-state index contributed by atoms with van der Waals surface area (Å²) < 4.78 is 0. The predicted octanol–water partition coefficient (Wildman–Crippen LogP) is 4.42. The molecular weight excluding hydrogens is 284 g/mol.